The minimum Gasteiger partial charge on any atom is -0.357 e. The summed E-state index contributed by atoms with van der Waals surface area (Å²) in [5, 5.41) is 13.4. The normalized spacial score (nSPS) is 11.2. The lowest BCUT2D eigenvalue weighted by molar-refractivity contribution is -0.120. The molecule has 0 saturated carbocycles. The largest absolute Gasteiger partial charge is 0.357 e. The SMILES string of the molecule is CCCNC(=O)CNC(=NCc1ccccc1Cn1cccn1)NCC. The third-order valence-corrected chi connectivity index (χ3v) is 3.75. The molecule has 26 heavy (non-hydrogen) atoms. The molecule has 0 bridgehead atoms. The van der Waals surface area contributed by atoms with Gasteiger partial charge in [0.25, 0.3) is 0 Å². The monoisotopic (exact) mass is 356 g/mol. The maximum atomic E-state index is 11.8. The van der Waals surface area contributed by atoms with Crippen molar-refractivity contribution in [1.82, 2.24) is 25.7 Å². The van der Waals surface area contributed by atoms with E-state index in [9.17, 15) is 4.79 Å². The van der Waals surface area contributed by atoms with Gasteiger partial charge < -0.3 is 16.0 Å². The fourth-order valence-corrected chi connectivity index (χ4v) is 2.43. The van der Waals surface area contributed by atoms with Crippen molar-refractivity contribution in [1.29, 1.82) is 0 Å². The van der Waals surface area contributed by atoms with Gasteiger partial charge in [0.15, 0.2) is 5.96 Å². The molecule has 0 fully saturated rings. The maximum Gasteiger partial charge on any atom is 0.239 e. The molecule has 1 heterocycles. The zero-order chi connectivity index (χ0) is 18.6. The van der Waals surface area contributed by atoms with Gasteiger partial charge in [-0.3, -0.25) is 9.48 Å². The molecule has 3 N–H and O–H groups in total. The number of nitrogens with zero attached hydrogens (tertiary/aromatic N) is 3. The van der Waals surface area contributed by atoms with Crippen molar-refractivity contribution in [3.8, 4) is 0 Å². The Balaban J connectivity index is 1.99. The highest BCUT2D eigenvalue weighted by atomic mass is 16.1. The Bertz CT molecular complexity index is 696. The number of aromatic nitrogens is 2. The first-order valence-electron chi connectivity index (χ1n) is 9.06. The van der Waals surface area contributed by atoms with E-state index in [1.807, 2.05) is 42.9 Å². The van der Waals surface area contributed by atoms with Gasteiger partial charge in [0, 0.05) is 25.5 Å². The topological polar surface area (TPSA) is 83.3 Å². The van der Waals surface area contributed by atoms with Gasteiger partial charge in [0.1, 0.15) is 0 Å². The van der Waals surface area contributed by atoms with E-state index in [0.29, 0.717) is 25.6 Å². The zero-order valence-corrected chi connectivity index (χ0v) is 15.5. The summed E-state index contributed by atoms with van der Waals surface area (Å²) in [6.45, 7) is 6.90. The third kappa shape index (κ3) is 6.58. The van der Waals surface area contributed by atoms with Crippen molar-refractivity contribution >= 4 is 11.9 Å². The van der Waals surface area contributed by atoms with Gasteiger partial charge in [0.05, 0.1) is 19.6 Å². The van der Waals surface area contributed by atoms with Crippen molar-refractivity contribution < 1.29 is 4.79 Å². The number of hydrogen-bond donors (Lipinski definition) is 3. The third-order valence-electron chi connectivity index (χ3n) is 3.75. The van der Waals surface area contributed by atoms with Gasteiger partial charge in [0.2, 0.25) is 5.91 Å². The van der Waals surface area contributed by atoms with Crippen molar-refractivity contribution in [2.24, 2.45) is 4.99 Å². The summed E-state index contributed by atoms with van der Waals surface area (Å²) < 4.78 is 1.89. The number of rotatable bonds is 9. The first kappa shape index (κ1) is 19.5. The standard InChI is InChI=1S/C19H28N6O/c1-3-10-21-18(26)14-23-19(20-4-2)22-13-16-8-5-6-9-17(16)15-25-12-7-11-24-25/h5-9,11-12H,3-4,10,13-15H2,1-2H3,(H,21,26)(H2,20,22,23). The Morgan fingerprint density at radius 2 is 1.92 bits per heavy atom. The number of benzene rings is 1. The fraction of sp³-hybridized carbons (Fsp3) is 0.421. The Kier molecular flexibility index (Phi) is 8.18. The number of hydrogen-bond acceptors (Lipinski definition) is 3. The van der Waals surface area contributed by atoms with E-state index in [1.54, 1.807) is 6.20 Å². The lowest BCUT2D eigenvalue weighted by Crippen LogP contribution is -2.43. The van der Waals surface area contributed by atoms with E-state index in [-0.39, 0.29) is 12.5 Å². The average molecular weight is 356 g/mol. The second-order valence-corrected chi connectivity index (χ2v) is 5.87. The summed E-state index contributed by atoms with van der Waals surface area (Å²) in [6.07, 6.45) is 4.64. The Morgan fingerprint density at radius 1 is 1.12 bits per heavy atom. The summed E-state index contributed by atoms with van der Waals surface area (Å²) in [7, 11) is 0. The lowest BCUT2D eigenvalue weighted by Gasteiger charge is -2.12. The van der Waals surface area contributed by atoms with Gasteiger partial charge in [-0.25, -0.2) is 4.99 Å². The first-order valence-corrected chi connectivity index (χ1v) is 9.06. The molecule has 0 spiro atoms. The summed E-state index contributed by atoms with van der Waals surface area (Å²) in [6, 6.07) is 10.1. The van der Waals surface area contributed by atoms with Crippen LogP contribution in [0.15, 0.2) is 47.7 Å². The molecule has 2 aromatic rings. The molecule has 0 radical (unpaired) electrons. The van der Waals surface area contributed by atoms with Crippen LogP contribution in [0.3, 0.4) is 0 Å². The van der Waals surface area contributed by atoms with Crippen LogP contribution in [0, 0.1) is 0 Å². The summed E-state index contributed by atoms with van der Waals surface area (Å²) in [4.78, 5) is 16.4. The molecule has 0 aliphatic heterocycles. The van der Waals surface area contributed by atoms with Crippen molar-refractivity contribution in [3.63, 3.8) is 0 Å². The molecule has 0 atom stereocenters. The van der Waals surface area contributed by atoms with E-state index in [2.05, 4.69) is 38.2 Å². The molecule has 0 unspecified atom stereocenters. The quantitative estimate of drug-likeness (QED) is 0.470. The molecule has 0 aliphatic rings. The van der Waals surface area contributed by atoms with Crippen LogP contribution in [0.2, 0.25) is 0 Å². The van der Waals surface area contributed by atoms with Crippen LogP contribution in [0.25, 0.3) is 0 Å². The highest BCUT2D eigenvalue weighted by Gasteiger charge is 2.05. The Hall–Kier alpha value is -2.83. The lowest BCUT2D eigenvalue weighted by atomic mass is 10.1. The zero-order valence-electron chi connectivity index (χ0n) is 15.5. The number of amides is 1. The number of aliphatic imine (C=N–C) groups is 1. The molecule has 0 saturated heterocycles. The van der Waals surface area contributed by atoms with E-state index >= 15 is 0 Å². The van der Waals surface area contributed by atoms with Gasteiger partial charge >= 0.3 is 0 Å². The molecule has 2 rings (SSSR count). The van der Waals surface area contributed by atoms with Crippen molar-refractivity contribution in [2.45, 2.75) is 33.4 Å². The van der Waals surface area contributed by atoms with E-state index < -0.39 is 0 Å². The van der Waals surface area contributed by atoms with Gasteiger partial charge in [-0.15, -0.1) is 0 Å². The number of carbonyl (C=O) groups excluding carboxylic acids is 1. The highest BCUT2D eigenvalue weighted by Crippen LogP contribution is 2.11. The van der Waals surface area contributed by atoms with Crippen LogP contribution in [-0.2, 0) is 17.9 Å². The molecule has 7 nitrogen and oxygen atoms in total. The highest BCUT2D eigenvalue weighted by molar-refractivity contribution is 5.86. The Morgan fingerprint density at radius 3 is 2.62 bits per heavy atom. The fourth-order valence-electron chi connectivity index (χ4n) is 2.43. The molecule has 0 aliphatic carbocycles. The maximum absolute atomic E-state index is 11.8. The first-order chi connectivity index (χ1) is 12.7. The minimum atomic E-state index is -0.0310. The van der Waals surface area contributed by atoms with E-state index in [4.69, 9.17) is 0 Å². The molecular weight excluding hydrogens is 328 g/mol. The van der Waals surface area contributed by atoms with Crippen molar-refractivity contribution in [3.05, 3.63) is 53.9 Å². The summed E-state index contributed by atoms with van der Waals surface area (Å²) >= 11 is 0. The van der Waals surface area contributed by atoms with Gasteiger partial charge in [-0.2, -0.15) is 5.10 Å². The van der Waals surface area contributed by atoms with E-state index in [0.717, 1.165) is 18.5 Å². The number of nitrogens with one attached hydrogen (secondary N) is 3. The van der Waals surface area contributed by atoms with Crippen LogP contribution in [0.4, 0.5) is 0 Å². The van der Waals surface area contributed by atoms with Gasteiger partial charge in [-0.05, 0) is 30.5 Å². The average Bonchev–Trinajstić information content (AvgIpc) is 3.16. The van der Waals surface area contributed by atoms with Gasteiger partial charge in [-0.1, -0.05) is 31.2 Å². The summed E-state index contributed by atoms with van der Waals surface area (Å²) in [5.41, 5.74) is 2.31. The molecule has 1 aromatic heterocycles. The predicted molar refractivity (Wildman–Crippen MR) is 104 cm³/mol. The van der Waals surface area contributed by atoms with Crippen LogP contribution < -0.4 is 16.0 Å². The molecule has 7 heteroatoms. The predicted octanol–water partition coefficient (Wildman–Crippen LogP) is 1.51. The van der Waals surface area contributed by atoms with E-state index in [1.165, 1.54) is 5.56 Å². The molecular formula is C19H28N6O. The molecule has 1 amide bonds. The van der Waals surface area contributed by atoms with Crippen LogP contribution in [0.5, 0.6) is 0 Å². The van der Waals surface area contributed by atoms with Crippen molar-refractivity contribution in [2.75, 3.05) is 19.6 Å². The molecule has 140 valence electrons. The molecule has 1 aromatic carbocycles. The number of guanidine groups is 1. The van der Waals surface area contributed by atoms with Crippen LogP contribution >= 0.6 is 0 Å². The Labute approximate surface area is 154 Å². The summed E-state index contributed by atoms with van der Waals surface area (Å²) in [5.74, 6) is 0.601. The number of carbonyl (C=O) groups is 1. The smallest absolute Gasteiger partial charge is 0.239 e. The van der Waals surface area contributed by atoms with Crippen LogP contribution in [-0.4, -0.2) is 41.3 Å². The second kappa shape index (κ2) is 10.9. The minimum absolute atomic E-state index is 0.0310. The second-order valence-electron chi connectivity index (χ2n) is 5.87. The van der Waals surface area contributed by atoms with Crippen LogP contribution in [0.1, 0.15) is 31.4 Å².